The summed E-state index contributed by atoms with van der Waals surface area (Å²) in [5, 5.41) is 143. The van der Waals surface area contributed by atoms with Gasteiger partial charge in [0.25, 0.3) is 0 Å². The average molecular weight is 1370 g/mol. The van der Waals surface area contributed by atoms with Crippen LogP contribution in [0.5, 0.6) is 0 Å². The van der Waals surface area contributed by atoms with Gasteiger partial charge in [0.2, 0.25) is 0 Å². The molecule has 0 spiro atoms. The molecule has 2 saturated carbocycles. The van der Waals surface area contributed by atoms with E-state index in [2.05, 4.69) is 21.3 Å². The monoisotopic (exact) mass is 1370 g/mol. The van der Waals surface area contributed by atoms with E-state index in [4.69, 9.17) is 138 Å². The number of thiocarbonyl (C=S) groups is 1. The van der Waals surface area contributed by atoms with Gasteiger partial charge in [-0.15, -0.1) is 0 Å². The molecule has 0 bridgehead atoms. The highest BCUT2D eigenvalue weighted by molar-refractivity contribution is 7.80. The fourth-order valence-corrected chi connectivity index (χ4v) is 12.7. The molecule has 0 radical (unpaired) electrons. The van der Waals surface area contributed by atoms with E-state index in [0.29, 0.717) is 0 Å². The number of amides is 2. The molecule has 0 aromatic heterocycles. The minimum atomic E-state index is -1.78. The van der Waals surface area contributed by atoms with Crippen molar-refractivity contribution in [2.75, 3.05) is 52.4 Å². The van der Waals surface area contributed by atoms with Crippen LogP contribution in [0.2, 0.25) is 0 Å². The maximum atomic E-state index is 13.4. The highest BCUT2D eigenvalue weighted by atomic mass is 32.1. The third-order valence-corrected chi connectivity index (χ3v) is 18.5. The topological polar surface area (TPSA) is 731 Å². The molecule has 0 aromatic carbocycles. The lowest BCUT2D eigenvalue weighted by Crippen LogP contribution is -2.68. The fourth-order valence-electron chi connectivity index (χ4n) is 12.5. The number of carbonyl (C=O) groups is 1. The maximum Gasteiger partial charge on any atom is 0.314 e. The second kappa shape index (κ2) is 33.6. The Balaban J connectivity index is 0.876. The van der Waals surface area contributed by atoms with Crippen LogP contribution in [0.25, 0.3) is 0 Å². The molecule has 0 aromatic rings. The molecule has 6 heterocycles. The van der Waals surface area contributed by atoms with Crippen LogP contribution in [0.1, 0.15) is 19.3 Å². The number of aliphatic hydroxyl groups is 12. The van der Waals surface area contributed by atoms with Gasteiger partial charge in [0.1, 0.15) is 134 Å². The van der Waals surface area contributed by atoms with Gasteiger partial charge in [0.05, 0.1) is 36.4 Å². The number of nitrogens with two attached hydrogens (primary N) is 12. The maximum absolute atomic E-state index is 13.4. The number of urea groups is 1. The number of hydrogen-bond acceptors (Lipinski definition) is 38. The van der Waals surface area contributed by atoms with E-state index in [1.807, 2.05) is 0 Å². The fraction of sp³-hybridized carbons (Fsp3) is 0.961. The second-order valence-corrected chi connectivity index (χ2v) is 25.2. The number of carbonyl (C=O) groups excluding carboxylic acids is 1. The van der Waals surface area contributed by atoms with Gasteiger partial charge in [-0.1, -0.05) is 0 Å². The van der Waals surface area contributed by atoms with Crippen molar-refractivity contribution in [1.82, 2.24) is 21.3 Å². The van der Waals surface area contributed by atoms with Crippen LogP contribution in [0.15, 0.2) is 0 Å². The second-order valence-electron chi connectivity index (χ2n) is 24.8. The van der Waals surface area contributed by atoms with Crippen LogP contribution in [0.4, 0.5) is 4.79 Å². The van der Waals surface area contributed by atoms with Crippen molar-refractivity contribution in [2.45, 2.75) is 252 Å². The predicted molar refractivity (Wildman–Crippen MR) is 317 cm³/mol. The summed E-state index contributed by atoms with van der Waals surface area (Å²) in [6, 6.07) is -10.1. The predicted octanol–water partition coefficient (Wildman–Crippen LogP) is -17.6. The molecular formula is C51H100N16O25S. The normalized spacial score (nSPS) is 49.7. The molecule has 2 amide bonds. The first-order chi connectivity index (χ1) is 44.0. The standard InChI is InChI=1S/C51H100N16O25S/c52-6-16-28(70)32(74)22(60)44(81-16)87-38-14(58)4-12(56)26(68)42(38)91-48-36(78)40(89-46-24(62)34(76)30(72)18(8-54)83-46)20(85-48)10-66-50(80)64-2-1-3-65-51(93)67-11-21-41(90-47-25(63)35(77)31(73)19(9-55)84-47)37(79)49(86-21)92-43-27(69)13(57)5-15(59)39(43)88-45-23(61)33(75)29(71)17(7-53)82-45/h12-49,68-79H,1-11,52-63H2,(H2,64,66,80)(H2,65,67,93)/t12-,13+,14?,15?,16?,17?,18+,19-,20-,21-,22?,23?,24?,25?,26?,27+,28?,29?,30?,31?,32-,33-,34?,35?,36+,37?,38?,39?,40?,41?,42-,43?,44-,45+,46-,47+,48+,49+/m1/s1. The molecule has 8 aliphatic rings. The van der Waals surface area contributed by atoms with Crippen molar-refractivity contribution >= 4 is 23.4 Å². The number of ether oxygens (including phenoxy) is 12. The molecule has 6 aliphatic heterocycles. The molecule has 6 saturated heterocycles. The van der Waals surface area contributed by atoms with Crippen molar-refractivity contribution < 1.29 is 123 Å². The number of hydrogen-bond donors (Lipinski definition) is 28. The molecule has 8 fully saturated rings. The van der Waals surface area contributed by atoms with Crippen molar-refractivity contribution in [1.29, 1.82) is 0 Å². The van der Waals surface area contributed by atoms with E-state index >= 15 is 0 Å². The Morgan fingerprint density at radius 1 is 0.344 bits per heavy atom. The molecule has 8 rings (SSSR count). The Bertz CT molecular complexity index is 2190. The van der Waals surface area contributed by atoms with E-state index in [1.54, 1.807) is 0 Å². The zero-order valence-electron chi connectivity index (χ0n) is 50.7. The average Bonchev–Trinajstić information content (AvgIpc) is 1.80. The van der Waals surface area contributed by atoms with Crippen LogP contribution in [0, 0.1) is 0 Å². The lowest BCUT2D eigenvalue weighted by molar-refractivity contribution is -0.306. The Morgan fingerprint density at radius 3 is 0.968 bits per heavy atom. The summed E-state index contributed by atoms with van der Waals surface area (Å²) in [6.07, 6.45) is -43.2. The molecule has 540 valence electrons. The molecule has 42 heteroatoms. The quantitative estimate of drug-likeness (QED) is 0.0315. The summed E-state index contributed by atoms with van der Waals surface area (Å²) in [6.45, 7) is -1.44. The minimum Gasteiger partial charge on any atom is -0.389 e. The van der Waals surface area contributed by atoms with Gasteiger partial charge in [0.15, 0.2) is 42.9 Å². The van der Waals surface area contributed by atoms with Gasteiger partial charge in [-0.3, -0.25) is 0 Å². The van der Waals surface area contributed by atoms with Gasteiger partial charge in [-0.2, -0.15) is 0 Å². The van der Waals surface area contributed by atoms with E-state index in [1.165, 1.54) is 0 Å². The van der Waals surface area contributed by atoms with Crippen LogP contribution >= 0.6 is 12.2 Å². The van der Waals surface area contributed by atoms with Gasteiger partial charge < -0.3 is 208 Å². The number of nitrogens with one attached hydrogen (secondary N) is 4. The highest BCUT2D eigenvalue weighted by Crippen LogP contribution is 2.37. The first-order valence-electron chi connectivity index (χ1n) is 31.0. The first kappa shape index (κ1) is 76.3. The van der Waals surface area contributed by atoms with Crippen molar-refractivity contribution in [3.05, 3.63) is 0 Å². The lowest BCUT2D eigenvalue weighted by atomic mass is 9.84. The zero-order chi connectivity index (χ0) is 68.2. The zero-order valence-corrected chi connectivity index (χ0v) is 51.5. The largest absolute Gasteiger partial charge is 0.389 e. The number of aliphatic hydroxyl groups excluding tert-OH is 12. The van der Waals surface area contributed by atoms with Gasteiger partial charge >= 0.3 is 6.03 Å². The summed E-state index contributed by atoms with van der Waals surface area (Å²) < 4.78 is 72.6. The van der Waals surface area contributed by atoms with Crippen molar-refractivity contribution in [3.8, 4) is 0 Å². The van der Waals surface area contributed by atoms with Gasteiger partial charge in [0, 0.05) is 76.5 Å². The van der Waals surface area contributed by atoms with Crippen molar-refractivity contribution in [2.24, 2.45) is 68.8 Å². The van der Waals surface area contributed by atoms with Crippen LogP contribution in [0.3, 0.4) is 0 Å². The Morgan fingerprint density at radius 2 is 0.634 bits per heavy atom. The Labute approximate surface area is 539 Å². The summed E-state index contributed by atoms with van der Waals surface area (Å²) in [5.74, 6) is 0. The molecule has 38 atom stereocenters. The molecule has 2 aliphatic carbocycles. The van der Waals surface area contributed by atoms with Gasteiger partial charge in [-0.25, -0.2) is 4.79 Å². The summed E-state index contributed by atoms with van der Waals surface area (Å²) >= 11 is 5.55. The SMILES string of the molecule is NCC1O[C@H](OC2C(N)C[C@@H](N)C(O)[C@H]2O[C@@H]2O[C@H](CNC(=O)NCCCNC(=S)NC[C@H]3O[C@@H](OC4C(O[C@@H]5OC(CN)C(O)[C@H](O)C5N)C(N)C[C@H](N)[C@@H]4O)C(O)C3O[C@@H]3O[C@H](CN)C(O)C(O)C3N)C(O[C@H]3O[C@@H](CN)C(O)C(O)C3N)[C@@H]2O)C(N)[C@@H](O)C1O. The van der Waals surface area contributed by atoms with E-state index in [0.717, 1.165) is 0 Å². The molecule has 40 N–H and O–H groups in total. The van der Waals surface area contributed by atoms with Gasteiger partial charge in [-0.05, 0) is 31.5 Å². The molecular weight excluding hydrogens is 1270 g/mol. The first-order valence-corrected chi connectivity index (χ1v) is 31.4. The lowest BCUT2D eigenvalue weighted by Gasteiger charge is -2.47. The third kappa shape index (κ3) is 17.2. The van der Waals surface area contributed by atoms with E-state index in [9.17, 15) is 66.1 Å². The third-order valence-electron chi connectivity index (χ3n) is 18.2. The summed E-state index contributed by atoms with van der Waals surface area (Å²) in [5.41, 5.74) is 73.5. The number of rotatable bonds is 24. The molecule has 93 heavy (non-hydrogen) atoms. The minimum absolute atomic E-state index is 0.00223. The Kier molecular flexibility index (Phi) is 27.5. The van der Waals surface area contributed by atoms with Crippen molar-refractivity contribution in [3.63, 3.8) is 0 Å². The summed E-state index contributed by atoms with van der Waals surface area (Å²) in [7, 11) is 0. The highest BCUT2D eigenvalue weighted by Gasteiger charge is 2.57. The van der Waals surface area contributed by atoms with Crippen LogP contribution in [-0.4, -0.2) is 357 Å². The smallest absolute Gasteiger partial charge is 0.314 e. The van der Waals surface area contributed by atoms with E-state index < -0.39 is 245 Å². The molecule has 21 unspecified atom stereocenters. The summed E-state index contributed by atoms with van der Waals surface area (Å²) in [4.78, 5) is 13.4. The van der Waals surface area contributed by atoms with E-state index in [-0.39, 0.29) is 70.2 Å². The Hall–Kier alpha value is -2.48. The molecule has 41 nitrogen and oxygen atoms in total. The van der Waals surface area contributed by atoms with Crippen LogP contribution in [-0.2, 0) is 56.8 Å². The van der Waals surface area contributed by atoms with Crippen LogP contribution < -0.4 is 90.1 Å².